The van der Waals surface area contributed by atoms with Gasteiger partial charge in [-0.25, -0.2) is 0 Å². The van der Waals surface area contributed by atoms with Crippen LogP contribution in [-0.4, -0.2) is 14.4 Å². The summed E-state index contributed by atoms with van der Waals surface area (Å²) in [6.45, 7) is -10.4. The molecule has 12 rings (SSSR count). The van der Waals surface area contributed by atoms with Crippen LogP contribution in [0, 0.1) is 20.6 Å². The lowest BCUT2D eigenvalue weighted by atomic mass is 9.74. The molecule has 0 saturated carbocycles. The van der Waals surface area contributed by atoms with Gasteiger partial charge in [0.05, 0.1) is 22.2 Å². The van der Waals surface area contributed by atoms with E-state index in [2.05, 4.69) is 29.2 Å². The summed E-state index contributed by atoms with van der Waals surface area (Å²) >= 11 is 1.11. The van der Waals surface area contributed by atoms with Gasteiger partial charge in [-0.2, -0.15) is 4.98 Å². The second-order valence-electron chi connectivity index (χ2n) is 15.3. The molecule has 1 aliphatic heterocycles. The monoisotopic (exact) mass is 789 g/mol. The van der Waals surface area contributed by atoms with E-state index >= 15 is 0 Å². The van der Waals surface area contributed by atoms with E-state index in [9.17, 15) is 8.22 Å². The van der Waals surface area contributed by atoms with Gasteiger partial charge < -0.3 is 4.42 Å². The number of aryl methyl sites for hydroxylation is 3. The van der Waals surface area contributed by atoms with Crippen LogP contribution >= 0.6 is 11.8 Å². The van der Waals surface area contributed by atoms with E-state index in [0.717, 1.165) is 62.0 Å². The first-order chi connectivity index (χ1) is 33.7. The van der Waals surface area contributed by atoms with Gasteiger partial charge >= 0.3 is 5.84 Å². The largest absolute Gasteiger partial charge is 0.422 e. The lowest BCUT2D eigenvalue weighted by Gasteiger charge is -2.37. The van der Waals surface area contributed by atoms with Crippen molar-refractivity contribution in [2.24, 2.45) is 0 Å². The number of hydrogen-bond acceptors (Lipinski definition) is 4. The summed E-state index contributed by atoms with van der Waals surface area (Å²) in [4.78, 5) is 9.96. The van der Waals surface area contributed by atoms with E-state index in [0.29, 0.717) is 32.6 Å². The van der Waals surface area contributed by atoms with Gasteiger partial charge in [0.25, 0.3) is 0 Å². The van der Waals surface area contributed by atoms with Crippen molar-refractivity contribution >= 4 is 39.7 Å². The van der Waals surface area contributed by atoms with Gasteiger partial charge in [-0.15, -0.1) is 0 Å². The van der Waals surface area contributed by atoms with Crippen molar-refractivity contribution < 1.29 is 20.9 Å². The average molecular weight is 790 g/mol. The molecule has 0 radical (unpaired) electrons. The van der Waals surface area contributed by atoms with Crippen LogP contribution in [0.3, 0.4) is 0 Å². The van der Waals surface area contributed by atoms with Crippen LogP contribution in [0.2, 0.25) is 0 Å². The Bertz CT molecular complexity index is 3880. The standard InChI is InChI=1S/C54H39N3OS/c1-30-20-24-42-52(48(30)33-22-23-37-34-13-6-7-14-35(34)39-17-12-26-55-50(39)38-16-9-8-15-36(38)41(37)28-33)59-47-27-32(3)40(29-43(47)54(42,4)5)49-31(2)21-25-46-51(49)58-53-56-44-18-10-11-19-45(44)57(46)53/h6-29H,1-5H3/i2D3,3D3,4D3,5D3. The molecule has 0 unspecified atom stereocenters. The number of hydrogen-bond donors (Lipinski definition) is 0. The Kier molecular flexibility index (Phi) is 5.11. The summed E-state index contributed by atoms with van der Waals surface area (Å²) in [5.41, 5.74) is 7.26. The number of para-hydroxylation sites is 2. The Morgan fingerprint density at radius 2 is 1.32 bits per heavy atom. The Morgan fingerprint density at radius 1 is 0.593 bits per heavy atom. The molecule has 0 fully saturated rings. The van der Waals surface area contributed by atoms with E-state index in [4.69, 9.17) is 17.6 Å². The van der Waals surface area contributed by atoms with Crippen molar-refractivity contribution in [2.75, 3.05) is 0 Å². The summed E-state index contributed by atoms with van der Waals surface area (Å²) in [5, 5.41) is 0. The zero-order chi connectivity index (χ0) is 49.7. The molecular weight excluding hydrogens is 739 g/mol. The number of fused-ring (bicyclic) bond motifs is 15. The van der Waals surface area contributed by atoms with Crippen molar-refractivity contribution in [3.8, 4) is 66.9 Å². The number of oxazole rings is 1. The highest BCUT2D eigenvalue weighted by Gasteiger charge is 2.36. The fourth-order valence-electron chi connectivity index (χ4n) is 9.25. The van der Waals surface area contributed by atoms with Gasteiger partial charge in [0.1, 0.15) is 0 Å². The molecule has 0 spiro atoms. The van der Waals surface area contributed by atoms with E-state index in [-0.39, 0.29) is 49.7 Å². The van der Waals surface area contributed by atoms with Crippen LogP contribution in [0.15, 0.2) is 160 Å². The number of imidazole rings is 1. The summed E-state index contributed by atoms with van der Waals surface area (Å²) in [7, 11) is 0. The van der Waals surface area contributed by atoms with Crippen LogP contribution < -0.4 is 0 Å². The van der Waals surface area contributed by atoms with Gasteiger partial charge in [-0.1, -0.05) is 123 Å². The zero-order valence-electron chi connectivity index (χ0n) is 43.5. The van der Waals surface area contributed by atoms with E-state index in [1.165, 1.54) is 18.2 Å². The van der Waals surface area contributed by atoms with Crippen molar-refractivity contribution in [2.45, 2.75) is 49.5 Å². The first-order valence-corrected chi connectivity index (χ1v) is 20.1. The lowest BCUT2D eigenvalue weighted by molar-refractivity contribution is 0.607. The fourth-order valence-corrected chi connectivity index (χ4v) is 10.7. The third-order valence-corrected chi connectivity index (χ3v) is 13.2. The van der Waals surface area contributed by atoms with Gasteiger partial charge in [0.15, 0.2) is 5.58 Å². The minimum absolute atomic E-state index is 0.00477. The number of nitrogens with zero attached hydrogens (tertiary/aromatic N) is 3. The van der Waals surface area contributed by atoms with Gasteiger partial charge in [0, 0.05) is 54.5 Å². The molecule has 0 atom stereocenters. The maximum atomic E-state index is 9.38. The third kappa shape index (κ3) is 4.85. The Labute approximate surface area is 364 Å². The van der Waals surface area contributed by atoms with E-state index in [1.54, 1.807) is 34.9 Å². The maximum absolute atomic E-state index is 9.38. The van der Waals surface area contributed by atoms with Crippen LogP contribution in [-0.2, 0) is 5.41 Å². The second kappa shape index (κ2) is 12.4. The van der Waals surface area contributed by atoms with Gasteiger partial charge in [-0.05, 0) is 135 Å². The molecule has 3 aromatic heterocycles. The topological polar surface area (TPSA) is 43.3 Å². The van der Waals surface area contributed by atoms with Crippen LogP contribution in [0.4, 0.5) is 0 Å². The second-order valence-corrected chi connectivity index (χ2v) is 16.3. The minimum Gasteiger partial charge on any atom is -0.422 e. The predicted molar refractivity (Wildman–Crippen MR) is 243 cm³/mol. The van der Waals surface area contributed by atoms with Crippen LogP contribution in [0.5, 0.6) is 0 Å². The summed E-state index contributed by atoms with van der Waals surface area (Å²) < 4.78 is 117. The SMILES string of the molecule is [2H]C([2H])([2H])c1cc2c(cc1-c1c(C([2H])([2H])[2H])ccc3c1oc1nc4ccccc4n13)C(C([2H])([2H])[2H])(C([2H])([2H])[2H])c1ccc(C)c(-c3ccc4c(c3)-c3ccccc3-c3ncccc3-c3ccccc3-4)c1S2. The fraction of sp³-hybridized carbons (Fsp3) is 0.111. The van der Waals surface area contributed by atoms with E-state index in [1.807, 2.05) is 79.7 Å². The van der Waals surface area contributed by atoms with Crippen molar-refractivity contribution in [3.05, 3.63) is 174 Å². The highest BCUT2D eigenvalue weighted by atomic mass is 32.2. The molecular formula is C54H39N3OS. The third-order valence-electron chi connectivity index (χ3n) is 12.0. The van der Waals surface area contributed by atoms with Crippen molar-refractivity contribution in [1.29, 1.82) is 0 Å². The number of benzene rings is 7. The Hall–Kier alpha value is -6.69. The molecule has 4 nitrogen and oxygen atoms in total. The molecule has 7 aromatic carbocycles. The maximum Gasteiger partial charge on any atom is 0.307 e. The number of pyridine rings is 1. The van der Waals surface area contributed by atoms with E-state index < -0.39 is 32.8 Å². The van der Waals surface area contributed by atoms with Crippen LogP contribution in [0.25, 0.3) is 94.9 Å². The molecule has 282 valence electrons. The zero-order valence-corrected chi connectivity index (χ0v) is 32.3. The van der Waals surface area contributed by atoms with Crippen LogP contribution in [0.1, 0.15) is 58.0 Å². The molecule has 4 heterocycles. The molecule has 59 heavy (non-hydrogen) atoms. The number of rotatable bonds is 2. The predicted octanol–water partition coefficient (Wildman–Crippen LogP) is 14.7. The summed E-state index contributed by atoms with van der Waals surface area (Å²) in [6, 6.07) is 42.3. The minimum atomic E-state index is -3.29. The highest BCUT2D eigenvalue weighted by molar-refractivity contribution is 7.99. The lowest BCUT2D eigenvalue weighted by Crippen LogP contribution is -2.24. The summed E-state index contributed by atoms with van der Waals surface area (Å²) in [5.74, 6) is 0.118. The molecule has 10 aromatic rings. The van der Waals surface area contributed by atoms with Crippen molar-refractivity contribution in [1.82, 2.24) is 14.4 Å². The Morgan fingerprint density at radius 3 is 2.15 bits per heavy atom. The molecule has 0 N–H and O–H groups in total. The smallest absolute Gasteiger partial charge is 0.307 e. The molecule has 0 saturated heterocycles. The first-order valence-electron chi connectivity index (χ1n) is 25.3. The Balaban J connectivity index is 1.15. The molecule has 0 amide bonds. The normalized spacial score (nSPS) is 17.4. The summed E-state index contributed by atoms with van der Waals surface area (Å²) in [6.07, 6.45) is 1.78. The molecule has 0 bridgehead atoms. The average Bonchev–Trinajstić information content (AvgIpc) is 3.87. The first kappa shape index (κ1) is 24.3. The molecule has 1 aliphatic carbocycles. The molecule has 2 aliphatic rings. The highest BCUT2D eigenvalue weighted by Crippen LogP contribution is 2.56. The molecule has 5 heteroatoms. The number of aromatic nitrogens is 3. The van der Waals surface area contributed by atoms with Gasteiger partial charge in [-0.3, -0.25) is 9.38 Å². The van der Waals surface area contributed by atoms with Crippen molar-refractivity contribution in [3.63, 3.8) is 0 Å². The van der Waals surface area contributed by atoms with Gasteiger partial charge in [0.2, 0.25) is 0 Å². The quantitative estimate of drug-likeness (QED) is 0.175.